The van der Waals surface area contributed by atoms with E-state index in [-0.39, 0.29) is 0 Å². The molecule has 1 rings (SSSR count). The van der Waals surface area contributed by atoms with Crippen LogP contribution in [0.25, 0.3) is 0 Å². The van der Waals surface area contributed by atoms with Crippen LogP contribution in [-0.4, -0.2) is 22.7 Å². The lowest BCUT2D eigenvalue weighted by Gasteiger charge is -2.19. The first-order chi connectivity index (χ1) is 8.17. The van der Waals surface area contributed by atoms with E-state index in [1.165, 1.54) is 0 Å². The maximum Gasteiger partial charge on any atom is 0.228 e. The van der Waals surface area contributed by atoms with Crippen LogP contribution in [0.4, 0.5) is 0 Å². The second kappa shape index (κ2) is 7.43. The largest absolute Gasteiger partial charge is 0.339 e. The minimum absolute atomic E-state index is 0.416. The molecule has 0 bridgehead atoms. The molecule has 0 aromatic carbocycles. The molecular formula is C13H25N3O. The van der Waals surface area contributed by atoms with Gasteiger partial charge in [0.15, 0.2) is 5.82 Å². The van der Waals surface area contributed by atoms with Gasteiger partial charge in [-0.1, -0.05) is 39.3 Å². The van der Waals surface area contributed by atoms with E-state index >= 15 is 0 Å². The predicted molar refractivity (Wildman–Crippen MR) is 68.9 cm³/mol. The highest BCUT2D eigenvalue weighted by Gasteiger charge is 2.16. The molecule has 0 amide bonds. The van der Waals surface area contributed by atoms with Gasteiger partial charge in [0, 0.05) is 18.9 Å². The molecule has 0 radical (unpaired) electrons. The number of likely N-dealkylation sites (N-methyl/N-ethyl adjacent to an activating group) is 1. The lowest BCUT2D eigenvalue weighted by molar-refractivity contribution is 0.327. The van der Waals surface area contributed by atoms with E-state index in [1.807, 2.05) is 0 Å². The van der Waals surface area contributed by atoms with Crippen LogP contribution < -0.4 is 5.32 Å². The summed E-state index contributed by atoms with van der Waals surface area (Å²) in [6.07, 6.45) is 4.04. The van der Waals surface area contributed by atoms with Crippen molar-refractivity contribution in [3.8, 4) is 0 Å². The topological polar surface area (TPSA) is 51.0 Å². The Labute approximate surface area is 104 Å². The van der Waals surface area contributed by atoms with Crippen LogP contribution in [0.1, 0.15) is 52.3 Å². The van der Waals surface area contributed by atoms with Crippen LogP contribution in [0.5, 0.6) is 0 Å². The number of rotatable bonds is 8. The molecule has 0 aliphatic heterocycles. The van der Waals surface area contributed by atoms with E-state index in [1.54, 1.807) is 0 Å². The fourth-order valence-electron chi connectivity index (χ4n) is 1.80. The summed E-state index contributed by atoms with van der Waals surface area (Å²) >= 11 is 0. The second-order valence-corrected chi connectivity index (χ2v) is 4.82. The molecule has 1 aromatic rings. The Balaban J connectivity index is 2.51. The van der Waals surface area contributed by atoms with Gasteiger partial charge < -0.3 is 9.84 Å². The Morgan fingerprint density at radius 2 is 2.06 bits per heavy atom. The fourth-order valence-corrected chi connectivity index (χ4v) is 1.80. The molecule has 0 saturated heterocycles. The number of nitrogens with zero attached hydrogens (tertiary/aromatic N) is 2. The van der Waals surface area contributed by atoms with Crippen molar-refractivity contribution in [2.75, 3.05) is 6.54 Å². The van der Waals surface area contributed by atoms with E-state index in [0.29, 0.717) is 12.0 Å². The Morgan fingerprint density at radius 1 is 1.29 bits per heavy atom. The summed E-state index contributed by atoms with van der Waals surface area (Å²) in [7, 11) is 0. The van der Waals surface area contributed by atoms with Crippen LogP contribution >= 0.6 is 0 Å². The smallest absolute Gasteiger partial charge is 0.228 e. The van der Waals surface area contributed by atoms with E-state index in [4.69, 9.17) is 4.52 Å². The van der Waals surface area contributed by atoms with E-state index in [9.17, 15) is 0 Å². The summed E-state index contributed by atoms with van der Waals surface area (Å²) < 4.78 is 5.29. The molecule has 0 saturated carbocycles. The number of aryl methyl sites for hydroxylation is 1. The second-order valence-electron chi connectivity index (χ2n) is 4.82. The summed E-state index contributed by atoms with van der Waals surface area (Å²) in [4.78, 5) is 4.43. The quantitative estimate of drug-likeness (QED) is 0.757. The van der Waals surface area contributed by atoms with Crippen molar-refractivity contribution in [1.29, 1.82) is 0 Å². The molecule has 1 unspecified atom stereocenters. The number of hydrogen-bond donors (Lipinski definition) is 1. The normalized spacial score (nSPS) is 13.2. The first-order valence-electron chi connectivity index (χ1n) is 6.72. The molecule has 1 N–H and O–H groups in total. The lowest BCUT2D eigenvalue weighted by Crippen LogP contribution is -2.35. The molecule has 1 atom stereocenters. The predicted octanol–water partition coefficient (Wildman–Crippen LogP) is 2.59. The average Bonchev–Trinajstić information content (AvgIpc) is 2.73. The molecule has 17 heavy (non-hydrogen) atoms. The highest BCUT2D eigenvalue weighted by molar-refractivity contribution is 4.90. The van der Waals surface area contributed by atoms with Crippen molar-refractivity contribution in [1.82, 2.24) is 15.5 Å². The van der Waals surface area contributed by atoms with Gasteiger partial charge in [0.05, 0.1) is 0 Å². The van der Waals surface area contributed by atoms with E-state index in [2.05, 4.69) is 43.2 Å². The third-order valence-electron chi connectivity index (χ3n) is 2.93. The molecule has 98 valence electrons. The van der Waals surface area contributed by atoms with Gasteiger partial charge >= 0.3 is 0 Å². The maximum absolute atomic E-state index is 5.29. The van der Waals surface area contributed by atoms with Crippen LogP contribution in [0.15, 0.2) is 4.52 Å². The monoisotopic (exact) mass is 239 g/mol. The molecule has 1 aromatic heterocycles. The van der Waals surface area contributed by atoms with E-state index < -0.39 is 0 Å². The van der Waals surface area contributed by atoms with Crippen LogP contribution in [0.2, 0.25) is 0 Å². The SMILES string of the molecule is CCCCc1noc(CC(NCC)C(C)C)n1. The summed E-state index contributed by atoms with van der Waals surface area (Å²) in [6.45, 7) is 9.68. The minimum Gasteiger partial charge on any atom is -0.339 e. The van der Waals surface area contributed by atoms with Crippen molar-refractivity contribution in [2.45, 2.75) is 59.4 Å². The molecular weight excluding hydrogens is 214 g/mol. The van der Waals surface area contributed by atoms with Crippen LogP contribution in [0, 0.1) is 5.92 Å². The van der Waals surface area contributed by atoms with Gasteiger partial charge in [-0.25, -0.2) is 0 Å². The Hall–Kier alpha value is -0.900. The Kier molecular flexibility index (Phi) is 6.19. The van der Waals surface area contributed by atoms with Crippen molar-refractivity contribution in [3.63, 3.8) is 0 Å². The molecule has 0 spiro atoms. The van der Waals surface area contributed by atoms with Gasteiger partial charge in [-0.15, -0.1) is 0 Å². The van der Waals surface area contributed by atoms with Crippen molar-refractivity contribution in [3.05, 3.63) is 11.7 Å². The number of nitrogens with one attached hydrogen (secondary N) is 1. The van der Waals surface area contributed by atoms with Crippen LogP contribution in [-0.2, 0) is 12.8 Å². The summed E-state index contributed by atoms with van der Waals surface area (Å²) in [6, 6.07) is 0.416. The summed E-state index contributed by atoms with van der Waals surface area (Å²) in [5.41, 5.74) is 0. The number of unbranched alkanes of at least 4 members (excludes halogenated alkanes) is 1. The number of hydrogen-bond acceptors (Lipinski definition) is 4. The Morgan fingerprint density at radius 3 is 2.65 bits per heavy atom. The fraction of sp³-hybridized carbons (Fsp3) is 0.846. The van der Waals surface area contributed by atoms with Crippen LogP contribution in [0.3, 0.4) is 0 Å². The zero-order valence-electron chi connectivity index (χ0n) is 11.5. The third-order valence-corrected chi connectivity index (χ3v) is 2.93. The molecule has 4 heteroatoms. The van der Waals surface area contributed by atoms with Gasteiger partial charge in [-0.05, 0) is 18.9 Å². The van der Waals surface area contributed by atoms with Crippen molar-refractivity contribution in [2.24, 2.45) is 5.92 Å². The van der Waals surface area contributed by atoms with Gasteiger partial charge in [-0.3, -0.25) is 0 Å². The molecule has 0 aliphatic carbocycles. The first-order valence-corrected chi connectivity index (χ1v) is 6.72. The van der Waals surface area contributed by atoms with Gasteiger partial charge in [0.25, 0.3) is 0 Å². The molecule has 4 nitrogen and oxygen atoms in total. The highest BCUT2D eigenvalue weighted by atomic mass is 16.5. The molecule has 0 fully saturated rings. The zero-order chi connectivity index (χ0) is 12.7. The Bertz CT molecular complexity index is 309. The van der Waals surface area contributed by atoms with Crippen molar-refractivity contribution < 1.29 is 4.52 Å². The standard InChI is InChI=1S/C13H25N3O/c1-5-7-8-12-15-13(17-16-12)9-11(10(3)4)14-6-2/h10-11,14H,5-9H2,1-4H3. The average molecular weight is 239 g/mol. The number of aromatic nitrogens is 2. The molecule has 0 aliphatic rings. The van der Waals surface area contributed by atoms with Gasteiger partial charge in [0.2, 0.25) is 5.89 Å². The maximum atomic E-state index is 5.29. The van der Waals surface area contributed by atoms with Crippen molar-refractivity contribution >= 4 is 0 Å². The van der Waals surface area contributed by atoms with Gasteiger partial charge in [-0.2, -0.15) is 4.98 Å². The summed E-state index contributed by atoms with van der Waals surface area (Å²) in [5, 5.41) is 7.47. The minimum atomic E-state index is 0.416. The zero-order valence-corrected chi connectivity index (χ0v) is 11.5. The highest BCUT2D eigenvalue weighted by Crippen LogP contribution is 2.10. The first kappa shape index (κ1) is 14.2. The molecule has 1 heterocycles. The third kappa shape index (κ3) is 4.86. The van der Waals surface area contributed by atoms with Gasteiger partial charge in [0.1, 0.15) is 0 Å². The lowest BCUT2D eigenvalue weighted by atomic mass is 10.0. The van der Waals surface area contributed by atoms with E-state index in [0.717, 1.165) is 43.9 Å². The summed E-state index contributed by atoms with van der Waals surface area (Å²) in [5.74, 6) is 2.18.